The molecule has 0 fully saturated rings. The molecule has 4 rings (SSSR count). The summed E-state index contributed by atoms with van der Waals surface area (Å²) in [6.45, 7) is 4.03. The first-order chi connectivity index (χ1) is 12.5. The molecule has 1 atom stereocenters. The van der Waals surface area contributed by atoms with Crippen LogP contribution in [0, 0.1) is 13.8 Å². The number of carbonyl (C=O) groups excluding carboxylic acids is 1. The van der Waals surface area contributed by atoms with Gasteiger partial charge in [-0.25, -0.2) is 4.68 Å². The highest BCUT2D eigenvalue weighted by Crippen LogP contribution is 2.44. The van der Waals surface area contributed by atoms with Crippen LogP contribution in [-0.4, -0.2) is 21.4 Å². The van der Waals surface area contributed by atoms with Gasteiger partial charge in [-0.15, -0.1) is 11.8 Å². The maximum Gasteiger partial charge on any atom is 0.235 e. The monoisotopic (exact) mass is 383 g/mol. The van der Waals surface area contributed by atoms with Crippen molar-refractivity contribution in [3.63, 3.8) is 0 Å². The second kappa shape index (κ2) is 6.82. The third kappa shape index (κ3) is 3.13. The molecule has 2 heterocycles. The van der Waals surface area contributed by atoms with E-state index in [4.69, 9.17) is 16.7 Å². The minimum absolute atomic E-state index is 0.00171. The minimum atomic E-state index is -0.0194. The van der Waals surface area contributed by atoms with Gasteiger partial charge in [0.05, 0.1) is 22.4 Å². The Hall–Kier alpha value is -2.24. The zero-order chi connectivity index (χ0) is 18.3. The Morgan fingerprint density at radius 2 is 1.96 bits per heavy atom. The molecule has 0 radical (unpaired) electrons. The molecule has 1 aromatic heterocycles. The first-order valence-corrected chi connectivity index (χ1v) is 9.79. The van der Waals surface area contributed by atoms with Gasteiger partial charge in [0, 0.05) is 10.6 Å². The Balaban J connectivity index is 1.89. The number of carbonyl (C=O) groups is 1. The maximum absolute atomic E-state index is 12.3. The second-order valence-corrected chi connectivity index (χ2v) is 7.92. The molecular formula is C20H18ClN3OS. The zero-order valence-corrected chi connectivity index (χ0v) is 16.1. The Morgan fingerprint density at radius 3 is 2.69 bits per heavy atom. The molecule has 26 heavy (non-hydrogen) atoms. The van der Waals surface area contributed by atoms with Crippen molar-refractivity contribution < 1.29 is 4.79 Å². The topological polar surface area (TPSA) is 46.9 Å². The fourth-order valence-electron chi connectivity index (χ4n) is 3.19. The van der Waals surface area contributed by atoms with Crippen LogP contribution in [0.2, 0.25) is 5.02 Å². The number of rotatable bonds is 2. The number of amides is 1. The average molecular weight is 384 g/mol. The SMILES string of the molecule is Cc1ccc(-n2nc(C)c3c2NC(=O)CS[C@H]3c2cccc(Cl)c2)cc1. The summed E-state index contributed by atoms with van der Waals surface area (Å²) < 4.78 is 1.82. The first kappa shape index (κ1) is 17.2. The van der Waals surface area contributed by atoms with Gasteiger partial charge in [-0.1, -0.05) is 41.4 Å². The number of aryl methyl sites for hydroxylation is 2. The number of anilines is 1. The summed E-state index contributed by atoms with van der Waals surface area (Å²) >= 11 is 7.80. The summed E-state index contributed by atoms with van der Waals surface area (Å²) in [4.78, 5) is 12.3. The summed E-state index contributed by atoms with van der Waals surface area (Å²) in [6, 6.07) is 15.9. The number of thioether (sulfide) groups is 1. The van der Waals surface area contributed by atoms with Gasteiger partial charge in [0.15, 0.2) is 0 Å². The first-order valence-electron chi connectivity index (χ1n) is 8.36. The van der Waals surface area contributed by atoms with E-state index in [1.54, 1.807) is 11.8 Å². The van der Waals surface area contributed by atoms with Crippen molar-refractivity contribution in [3.8, 4) is 5.69 Å². The van der Waals surface area contributed by atoms with Gasteiger partial charge in [0.1, 0.15) is 5.82 Å². The summed E-state index contributed by atoms with van der Waals surface area (Å²) in [6.07, 6.45) is 0. The molecule has 1 aliphatic heterocycles. The lowest BCUT2D eigenvalue weighted by Gasteiger charge is -2.15. The molecule has 0 bridgehead atoms. The Kier molecular flexibility index (Phi) is 4.51. The van der Waals surface area contributed by atoms with Gasteiger partial charge >= 0.3 is 0 Å². The highest BCUT2D eigenvalue weighted by molar-refractivity contribution is 8.00. The van der Waals surface area contributed by atoms with Gasteiger partial charge in [-0.2, -0.15) is 5.10 Å². The van der Waals surface area contributed by atoms with Crippen LogP contribution in [-0.2, 0) is 4.79 Å². The normalized spacial score (nSPS) is 16.7. The van der Waals surface area contributed by atoms with Crippen molar-refractivity contribution >= 4 is 35.1 Å². The maximum atomic E-state index is 12.3. The number of benzene rings is 2. The molecule has 1 N–H and O–H groups in total. The molecule has 2 aromatic carbocycles. The van der Waals surface area contributed by atoms with E-state index in [0.717, 1.165) is 28.3 Å². The van der Waals surface area contributed by atoms with Crippen molar-refractivity contribution in [1.29, 1.82) is 0 Å². The van der Waals surface area contributed by atoms with Gasteiger partial charge < -0.3 is 5.32 Å². The molecule has 1 aliphatic rings. The average Bonchev–Trinajstić information content (AvgIpc) is 2.82. The number of nitrogens with zero attached hydrogens (tertiary/aromatic N) is 2. The quantitative estimate of drug-likeness (QED) is 0.683. The van der Waals surface area contributed by atoms with E-state index in [1.807, 2.05) is 67.1 Å². The van der Waals surface area contributed by atoms with Crippen molar-refractivity contribution in [2.24, 2.45) is 0 Å². The molecule has 0 unspecified atom stereocenters. The molecule has 6 heteroatoms. The molecule has 132 valence electrons. The van der Waals surface area contributed by atoms with Crippen molar-refractivity contribution in [2.45, 2.75) is 19.1 Å². The van der Waals surface area contributed by atoms with E-state index in [0.29, 0.717) is 10.8 Å². The third-order valence-corrected chi connectivity index (χ3v) is 5.94. The van der Waals surface area contributed by atoms with Crippen LogP contribution in [0.25, 0.3) is 5.69 Å². The minimum Gasteiger partial charge on any atom is -0.310 e. The third-order valence-electron chi connectivity index (χ3n) is 4.44. The van der Waals surface area contributed by atoms with Crippen LogP contribution in [0.4, 0.5) is 5.82 Å². The van der Waals surface area contributed by atoms with Gasteiger partial charge in [-0.3, -0.25) is 4.79 Å². The van der Waals surface area contributed by atoms with Gasteiger partial charge in [-0.05, 0) is 43.7 Å². The Labute approximate surface area is 161 Å². The van der Waals surface area contributed by atoms with E-state index in [-0.39, 0.29) is 11.2 Å². The highest BCUT2D eigenvalue weighted by atomic mass is 35.5. The number of nitrogens with one attached hydrogen (secondary N) is 1. The standard InChI is InChI=1S/C20H18ClN3OS/c1-12-6-8-16(9-7-12)24-20-18(13(2)23-24)19(26-11-17(25)22-20)14-4-3-5-15(21)10-14/h3-10,19H,11H2,1-2H3,(H,22,25)/t19-/m0/s1. The van der Waals surface area contributed by atoms with E-state index < -0.39 is 0 Å². The van der Waals surface area contributed by atoms with Crippen molar-refractivity contribution in [3.05, 3.63) is 75.9 Å². The van der Waals surface area contributed by atoms with E-state index in [1.165, 1.54) is 5.56 Å². The van der Waals surface area contributed by atoms with Crippen LogP contribution >= 0.6 is 23.4 Å². The van der Waals surface area contributed by atoms with E-state index in [9.17, 15) is 4.79 Å². The van der Waals surface area contributed by atoms with Gasteiger partial charge in [0.2, 0.25) is 5.91 Å². The zero-order valence-electron chi connectivity index (χ0n) is 14.5. The summed E-state index contributed by atoms with van der Waals surface area (Å²) in [5.41, 5.74) is 5.12. The predicted molar refractivity (Wildman–Crippen MR) is 107 cm³/mol. The fraction of sp³-hybridized carbons (Fsp3) is 0.200. The lowest BCUT2D eigenvalue weighted by molar-refractivity contribution is -0.113. The van der Waals surface area contributed by atoms with Crippen LogP contribution in [0.3, 0.4) is 0 Å². The van der Waals surface area contributed by atoms with Crippen molar-refractivity contribution in [2.75, 3.05) is 11.1 Å². The number of fused-ring (bicyclic) bond motifs is 1. The van der Waals surface area contributed by atoms with Crippen LogP contribution in [0.5, 0.6) is 0 Å². The molecule has 0 aliphatic carbocycles. The lowest BCUT2D eigenvalue weighted by atomic mass is 10.0. The summed E-state index contributed by atoms with van der Waals surface area (Å²) in [5, 5.41) is 8.46. The van der Waals surface area contributed by atoms with Crippen LogP contribution < -0.4 is 5.32 Å². The molecular weight excluding hydrogens is 366 g/mol. The Morgan fingerprint density at radius 1 is 1.19 bits per heavy atom. The van der Waals surface area contributed by atoms with Crippen LogP contribution in [0.15, 0.2) is 48.5 Å². The van der Waals surface area contributed by atoms with Crippen LogP contribution in [0.1, 0.15) is 27.6 Å². The molecule has 3 aromatic rings. The number of hydrogen-bond acceptors (Lipinski definition) is 3. The fourth-order valence-corrected chi connectivity index (χ4v) is 4.57. The van der Waals surface area contributed by atoms with Crippen molar-refractivity contribution in [1.82, 2.24) is 9.78 Å². The molecule has 0 spiro atoms. The molecule has 0 saturated carbocycles. The van der Waals surface area contributed by atoms with E-state index >= 15 is 0 Å². The lowest BCUT2D eigenvalue weighted by Crippen LogP contribution is -2.15. The Bertz CT molecular complexity index is 981. The number of aromatic nitrogens is 2. The molecule has 0 saturated heterocycles. The van der Waals surface area contributed by atoms with E-state index in [2.05, 4.69) is 5.32 Å². The molecule has 4 nitrogen and oxygen atoms in total. The summed E-state index contributed by atoms with van der Waals surface area (Å²) in [5.74, 6) is 1.11. The summed E-state index contributed by atoms with van der Waals surface area (Å²) in [7, 11) is 0. The number of hydrogen-bond donors (Lipinski definition) is 1. The predicted octanol–water partition coefficient (Wildman–Crippen LogP) is 4.92. The smallest absolute Gasteiger partial charge is 0.235 e. The van der Waals surface area contributed by atoms with Gasteiger partial charge in [0.25, 0.3) is 0 Å². The second-order valence-electron chi connectivity index (χ2n) is 6.39. The highest BCUT2D eigenvalue weighted by Gasteiger charge is 2.30. The number of halogens is 1. The molecule has 1 amide bonds. The largest absolute Gasteiger partial charge is 0.310 e.